The second-order valence-electron chi connectivity index (χ2n) is 9.19. The molecule has 0 saturated carbocycles. The highest BCUT2D eigenvalue weighted by atomic mass is 32.1. The van der Waals surface area contributed by atoms with Gasteiger partial charge in [0, 0.05) is 19.3 Å². The third-order valence-electron chi connectivity index (χ3n) is 6.92. The highest BCUT2D eigenvalue weighted by Crippen LogP contribution is 2.34. The van der Waals surface area contributed by atoms with E-state index in [1.807, 2.05) is 54.6 Å². The average molecular weight is 517 g/mol. The summed E-state index contributed by atoms with van der Waals surface area (Å²) in [6.07, 6.45) is 4.21. The lowest BCUT2D eigenvalue weighted by Gasteiger charge is -2.40. The minimum absolute atomic E-state index is 0.168. The molecule has 3 N–H and O–H groups in total. The molecule has 1 amide bonds. The summed E-state index contributed by atoms with van der Waals surface area (Å²) in [7, 11) is 0. The van der Waals surface area contributed by atoms with Crippen LogP contribution < -0.4 is 10.3 Å². The van der Waals surface area contributed by atoms with Gasteiger partial charge in [0.2, 0.25) is 5.91 Å². The number of likely N-dealkylation sites (tertiary alicyclic amines) is 1. The predicted molar refractivity (Wildman–Crippen MR) is 144 cm³/mol. The van der Waals surface area contributed by atoms with E-state index in [1.54, 1.807) is 27.8 Å². The largest absolute Gasteiger partial charge is 0.490 e. The first-order valence-electron chi connectivity index (χ1n) is 12.1. The minimum Gasteiger partial charge on any atom is -0.490 e. The van der Waals surface area contributed by atoms with Crippen molar-refractivity contribution in [2.45, 2.75) is 24.5 Å². The van der Waals surface area contributed by atoms with Gasteiger partial charge in [0.1, 0.15) is 28.4 Å². The number of benzene rings is 2. The van der Waals surface area contributed by atoms with Crippen molar-refractivity contribution in [2.24, 2.45) is 0 Å². The number of nitrogens with zero attached hydrogens (tertiary/aromatic N) is 2. The molecule has 0 aliphatic carbocycles. The van der Waals surface area contributed by atoms with Gasteiger partial charge in [-0.15, -0.1) is 0 Å². The molecule has 0 spiro atoms. The first-order valence-corrected chi connectivity index (χ1v) is 12.5. The molecule has 1 unspecified atom stereocenters. The zero-order valence-corrected chi connectivity index (χ0v) is 21.0. The molecule has 1 atom stereocenters. The fourth-order valence-corrected chi connectivity index (χ4v) is 5.29. The van der Waals surface area contributed by atoms with Crippen molar-refractivity contribution < 1.29 is 14.6 Å². The van der Waals surface area contributed by atoms with Crippen LogP contribution in [0.3, 0.4) is 0 Å². The molecule has 1 fully saturated rings. The Morgan fingerprint density at radius 1 is 1.14 bits per heavy atom. The van der Waals surface area contributed by atoms with Gasteiger partial charge in [-0.25, -0.2) is 0 Å². The molecular formula is C28H28N4O4S. The van der Waals surface area contributed by atoms with Crippen LogP contribution in [0.25, 0.3) is 10.9 Å². The molecule has 3 heterocycles. The number of hydrogen-bond donors (Lipinski definition) is 3. The van der Waals surface area contributed by atoms with Crippen molar-refractivity contribution in [1.82, 2.24) is 19.7 Å². The van der Waals surface area contributed by atoms with Gasteiger partial charge in [-0.05, 0) is 42.2 Å². The number of piperidine rings is 1. The molecule has 0 radical (unpaired) electrons. The number of aromatic nitrogens is 3. The summed E-state index contributed by atoms with van der Waals surface area (Å²) < 4.78 is 7.64. The number of aliphatic hydroxyl groups is 1. The lowest BCUT2D eigenvalue weighted by Crippen LogP contribution is -2.47. The minimum atomic E-state index is -0.986. The van der Waals surface area contributed by atoms with E-state index < -0.39 is 11.6 Å². The third-order valence-corrected chi connectivity index (χ3v) is 7.34. The molecule has 4 aromatic rings. The van der Waals surface area contributed by atoms with E-state index in [2.05, 4.69) is 16.8 Å². The zero-order valence-electron chi connectivity index (χ0n) is 20.2. The van der Waals surface area contributed by atoms with Crippen LogP contribution in [-0.4, -0.2) is 50.4 Å². The fourth-order valence-electron chi connectivity index (χ4n) is 4.92. The summed E-state index contributed by atoms with van der Waals surface area (Å²) >= 11 is 5.70. The van der Waals surface area contributed by atoms with Gasteiger partial charge in [-0.1, -0.05) is 67.3 Å². The standard InChI is InChI=1S/C28H28N4O4S/c1-2-17-36-21-10-6-7-19(18-21)24(32-14-11-22-23(27(32)37)25(33)30-29-22)26(34)31-15-12-28(35,13-16-31)20-8-4-3-5-9-20/h2-11,14,18,24,35H,1,12-13,15-17H2,(H2,29,30,33). The first-order chi connectivity index (χ1) is 17.9. The number of hydrogen-bond acceptors (Lipinski definition) is 5. The Labute approximate surface area is 218 Å². The van der Waals surface area contributed by atoms with E-state index in [0.717, 1.165) is 5.56 Å². The highest BCUT2D eigenvalue weighted by molar-refractivity contribution is 7.71. The molecule has 9 heteroatoms. The van der Waals surface area contributed by atoms with Crippen molar-refractivity contribution in [3.05, 3.63) is 106 Å². The lowest BCUT2D eigenvalue weighted by atomic mass is 9.84. The van der Waals surface area contributed by atoms with Gasteiger partial charge >= 0.3 is 0 Å². The number of pyridine rings is 1. The van der Waals surface area contributed by atoms with Crippen LogP contribution in [-0.2, 0) is 10.4 Å². The topological polar surface area (TPSA) is 103 Å². The number of nitrogens with one attached hydrogen (secondary N) is 2. The van der Waals surface area contributed by atoms with Gasteiger partial charge in [0.05, 0.1) is 11.1 Å². The van der Waals surface area contributed by atoms with Crippen LogP contribution in [0.4, 0.5) is 0 Å². The van der Waals surface area contributed by atoms with E-state index in [9.17, 15) is 14.7 Å². The van der Waals surface area contributed by atoms with Crippen molar-refractivity contribution in [2.75, 3.05) is 19.7 Å². The Morgan fingerprint density at radius 2 is 1.89 bits per heavy atom. The van der Waals surface area contributed by atoms with Crippen molar-refractivity contribution in [1.29, 1.82) is 0 Å². The summed E-state index contributed by atoms with van der Waals surface area (Å²) in [6, 6.07) is 17.8. The molecule has 5 rings (SSSR count). The number of carbonyl (C=O) groups is 1. The van der Waals surface area contributed by atoms with Crippen LogP contribution in [0, 0.1) is 4.64 Å². The molecule has 8 nitrogen and oxygen atoms in total. The Morgan fingerprint density at radius 3 is 2.62 bits per heavy atom. The number of fused-ring (bicyclic) bond motifs is 1. The summed E-state index contributed by atoms with van der Waals surface area (Å²) in [5, 5.41) is 17.0. The summed E-state index contributed by atoms with van der Waals surface area (Å²) in [5.41, 5.74) is 0.781. The quantitative estimate of drug-likeness (QED) is 0.254. The summed E-state index contributed by atoms with van der Waals surface area (Å²) in [5.74, 6) is 0.429. The molecule has 2 aromatic carbocycles. The first kappa shape index (κ1) is 24.7. The van der Waals surface area contributed by atoms with E-state index in [1.165, 1.54) is 0 Å². The zero-order chi connectivity index (χ0) is 26.0. The molecule has 1 saturated heterocycles. The van der Waals surface area contributed by atoms with Gasteiger partial charge in [-0.3, -0.25) is 19.8 Å². The smallest absolute Gasteiger partial charge is 0.274 e. The second-order valence-corrected chi connectivity index (χ2v) is 9.58. The second kappa shape index (κ2) is 10.2. The monoisotopic (exact) mass is 516 g/mol. The van der Waals surface area contributed by atoms with Crippen LogP contribution in [0.1, 0.15) is 30.0 Å². The number of carbonyl (C=O) groups excluding carboxylic acids is 1. The predicted octanol–water partition coefficient (Wildman–Crippen LogP) is 4.05. The fraction of sp³-hybridized carbons (Fsp3) is 0.250. The van der Waals surface area contributed by atoms with Crippen molar-refractivity contribution in [3.63, 3.8) is 0 Å². The maximum Gasteiger partial charge on any atom is 0.274 e. The van der Waals surface area contributed by atoms with E-state index in [0.29, 0.717) is 54.8 Å². The van der Waals surface area contributed by atoms with E-state index >= 15 is 0 Å². The van der Waals surface area contributed by atoms with Gasteiger partial charge in [-0.2, -0.15) is 0 Å². The Hall–Kier alpha value is -3.95. The van der Waals surface area contributed by atoms with Crippen molar-refractivity contribution >= 4 is 29.0 Å². The van der Waals surface area contributed by atoms with Crippen LogP contribution in [0.5, 0.6) is 5.75 Å². The molecule has 190 valence electrons. The number of ether oxygens (including phenoxy) is 1. The number of rotatable bonds is 7. The highest BCUT2D eigenvalue weighted by Gasteiger charge is 2.38. The van der Waals surface area contributed by atoms with Crippen LogP contribution in [0.2, 0.25) is 0 Å². The lowest BCUT2D eigenvalue weighted by molar-refractivity contribution is -0.138. The summed E-state index contributed by atoms with van der Waals surface area (Å²) in [6.45, 7) is 4.78. The van der Waals surface area contributed by atoms with E-state index in [4.69, 9.17) is 17.0 Å². The molecule has 1 aliphatic heterocycles. The molecule has 1 aliphatic rings. The van der Waals surface area contributed by atoms with Gasteiger partial charge in [0.15, 0.2) is 0 Å². The maximum absolute atomic E-state index is 14.1. The maximum atomic E-state index is 14.1. The van der Waals surface area contributed by atoms with Crippen LogP contribution >= 0.6 is 12.2 Å². The van der Waals surface area contributed by atoms with Crippen LogP contribution in [0.15, 0.2) is 84.3 Å². The van der Waals surface area contributed by atoms with Gasteiger partial charge in [0.25, 0.3) is 5.56 Å². The van der Waals surface area contributed by atoms with E-state index in [-0.39, 0.29) is 16.1 Å². The van der Waals surface area contributed by atoms with Gasteiger partial charge < -0.3 is 19.3 Å². The molecular weight excluding hydrogens is 488 g/mol. The summed E-state index contributed by atoms with van der Waals surface area (Å²) in [4.78, 5) is 28.3. The normalized spacial score (nSPS) is 15.9. The number of aromatic amines is 2. The molecule has 2 aromatic heterocycles. The SMILES string of the molecule is C=CCOc1cccc(C(C(=O)N2CCC(O)(c3ccccc3)CC2)n2ccc3[nH][nH]c(=O)c3c2=S)c1. The molecule has 0 bridgehead atoms. The third kappa shape index (κ3) is 4.75. The average Bonchev–Trinajstić information content (AvgIpc) is 3.31. The number of amides is 1. The Balaban J connectivity index is 1.52. The Bertz CT molecular complexity index is 1550. The Kier molecular flexibility index (Phi) is 6.82. The number of H-pyrrole nitrogens is 2. The molecule has 37 heavy (non-hydrogen) atoms. The van der Waals surface area contributed by atoms with Crippen molar-refractivity contribution in [3.8, 4) is 5.75 Å².